The van der Waals surface area contributed by atoms with E-state index in [4.69, 9.17) is 8.94 Å². The third kappa shape index (κ3) is 2.91. The Bertz CT molecular complexity index is 535. The van der Waals surface area contributed by atoms with Gasteiger partial charge >= 0.3 is 0 Å². The lowest BCUT2D eigenvalue weighted by Crippen LogP contribution is -2.44. The summed E-state index contributed by atoms with van der Waals surface area (Å²) >= 11 is 0. The van der Waals surface area contributed by atoms with Gasteiger partial charge in [0.25, 0.3) is 0 Å². The molecule has 20 heavy (non-hydrogen) atoms. The van der Waals surface area contributed by atoms with Gasteiger partial charge in [0.05, 0.1) is 18.4 Å². The van der Waals surface area contributed by atoms with E-state index in [-0.39, 0.29) is 0 Å². The number of likely N-dealkylation sites (tertiary alicyclic amines) is 1. The second kappa shape index (κ2) is 5.76. The molecule has 0 aliphatic carbocycles. The molecule has 1 fully saturated rings. The maximum absolute atomic E-state index is 5.33. The van der Waals surface area contributed by atoms with Crippen molar-refractivity contribution in [3.05, 3.63) is 24.5 Å². The van der Waals surface area contributed by atoms with E-state index in [2.05, 4.69) is 34.0 Å². The predicted octanol–water partition coefficient (Wildman–Crippen LogP) is 1.86. The molecule has 0 radical (unpaired) electrons. The third-order valence-electron chi connectivity index (χ3n) is 3.82. The molecule has 1 aliphatic heterocycles. The Balaban J connectivity index is 1.63. The highest BCUT2D eigenvalue weighted by atomic mass is 16.5. The topological polar surface area (TPSA) is 58.5 Å². The molecule has 108 valence electrons. The van der Waals surface area contributed by atoms with Gasteiger partial charge in [0, 0.05) is 12.6 Å². The van der Waals surface area contributed by atoms with Crippen molar-refractivity contribution in [3.8, 4) is 11.4 Å². The summed E-state index contributed by atoms with van der Waals surface area (Å²) < 4.78 is 10.4. The van der Waals surface area contributed by atoms with Crippen LogP contribution in [-0.4, -0.2) is 53.2 Å². The summed E-state index contributed by atoms with van der Waals surface area (Å²) in [5.41, 5.74) is 0.852. The summed E-state index contributed by atoms with van der Waals surface area (Å²) in [7, 11) is 4.27. The van der Waals surface area contributed by atoms with Crippen molar-refractivity contribution in [1.29, 1.82) is 0 Å². The largest absolute Gasteiger partial charge is 0.472 e. The van der Waals surface area contributed by atoms with E-state index in [1.165, 1.54) is 12.8 Å². The van der Waals surface area contributed by atoms with Crippen LogP contribution in [0.3, 0.4) is 0 Å². The van der Waals surface area contributed by atoms with Crippen molar-refractivity contribution in [3.63, 3.8) is 0 Å². The van der Waals surface area contributed by atoms with Crippen LogP contribution in [0, 0.1) is 0 Å². The quantitative estimate of drug-likeness (QED) is 0.849. The van der Waals surface area contributed by atoms with Crippen molar-refractivity contribution in [1.82, 2.24) is 19.9 Å². The Kier molecular flexibility index (Phi) is 3.84. The Morgan fingerprint density at radius 2 is 2.35 bits per heavy atom. The fourth-order valence-corrected chi connectivity index (χ4v) is 2.62. The summed E-state index contributed by atoms with van der Waals surface area (Å²) in [4.78, 5) is 9.09. The number of aromatic nitrogens is 2. The van der Waals surface area contributed by atoms with Crippen LogP contribution < -0.4 is 0 Å². The van der Waals surface area contributed by atoms with Crippen molar-refractivity contribution < 1.29 is 8.94 Å². The summed E-state index contributed by atoms with van der Waals surface area (Å²) in [5, 5.41) is 4.00. The second-order valence-electron chi connectivity index (χ2n) is 5.52. The Hall–Kier alpha value is -1.66. The van der Waals surface area contributed by atoms with Crippen molar-refractivity contribution >= 4 is 0 Å². The van der Waals surface area contributed by atoms with E-state index in [1.54, 1.807) is 12.5 Å². The zero-order valence-corrected chi connectivity index (χ0v) is 12.0. The smallest absolute Gasteiger partial charge is 0.241 e. The van der Waals surface area contributed by atoms with Crippen molar-refractivity contribution in [2.75, 3.05) is 27.2 Å². The van der Waals surface area contributed by atoms with Gasteiger partial charge in [-0.05, 0) is 39.5 Å². The molecule has 0 N–H and O–H groups in total. The lowest BCUT2D eigenvalue weighted by Gasteiger charge is -2.35. The number of likely N-dealkylation sites (N-methyl/N-ethyl adjacent to an activating group) is 1. The zero-order valence-electron chi connectivity index (χ0n) is 12.0. The number of piperidine rings is 1. The van der Waals surface area contributed by atoms with Crippen molar-refractivity contribution in [2.45, 2.75) is 25.4 Å². The Morgan fingerprint density at radius 3 is 3.10 bits per heavy atom. The highest BCUT2D eigenvalue weighted by Gasteiger charge is 2.23. The molecule has 2 aromatic rings. The maximum atomic E-state index is 5.33. The summed E-state index contributed by atoms with van der Waals surface area (Å²) in [5.74, 6) is 1.26. The molecule has 1 aliphatic rings. The maximum Gasteiger partial charge on any atom is 0.241 e. The van der Waals surface area contributed by atoms with Gasteiger partial charge in [-0.15, -0.1) is 0 Å². The molecular weight excluding hydrogens is 256 g/mol. The Labute approximate surface area is 118 Å². The average molecular weight is 276 g/mol. The first-order valence-electron chi connectivity index (χ1n) is 6.96. The minimum Gasteiger partial charge on any atom is -0.472 e. The third-order valence-corrected chi connectivity index (χ3v) is 3.82. The Morgan fingerprint density at radius 1 is 1.45 bits per heavy atom. The SMILES string of the molecule is CN(C)C1CCCN(Cc2nc(-c3ccoc3)no2)C1. The van der Waals surface area contributed by atoms with Crippen LogP contribution in [0.25, 0.3) is 11.4 Å². The van der Waals surface area contributed by atoms with E-state index in [1.807, 2.05) is 6.07 Å². The van der Waals surface area contributed by atoms with Gasteiger partial charge in [-0.2, -0.15) is 4.98 Å². The number of furan rings is 1. The fourth-order valence-electron chi connectivity index (χ4n) is 2.62. The van der Waals surface area contributed by atoms with Gasteiger partial charge in [0.15, 0.2) is 0 Å². The van der Waals surface area contributed by atoms with Crippen molar-refractivity contribution in [2.24, 2.45) is 0 Å². The number of nitrogens with zero attached hydrogens (tertiary/aromatic N) is 4. The number of rotatable bonds is 4. The van der Waals surface area contributed by atoms with E-state index >= 15 is 0 Å². The molecule has 1 atom stereocenters. The van der Waals surface area contributed by atoms with Gasteiger partial charge < -0.3 is 13.8 Å². The standard InChI is InChI=1S/C14H20N4O2/c1-17(2)12-4-3-6-18(8-12)9-13-15-14(16-20-13)11-5-7-19-10-11/h5,7,10,12H,3-4,6,8-9H2,1-2H3. The van der Waals surface area contributed by atoms with Gasteiger partial charge in [-0.3, -0.25) is 4.90 Å². The number of hydrogen-bond donors (Lipinski definition) is 0. The molecule has 6 nitrogen and oxygen atoms in total. The van der Waals surface area contributed by atoms with Gasteiger partial charge in [0.1, 0.15) is 6.26 Å². The molecule has 2 aromatic heterocycles. The molecular formula is C14H20N4O2. The van der Waals surface area contributed by atoms with E-state index in [0.717, 1.165) is 25.2 Å². The first kappa shape index (κ1) is 13.3. The van der Waals surface area contributed by atoms with Gasteiger partial charge in [-0.25, -0.2) is 0 Å². The van der Waals surface area contributed by atoms with Crippen LogP contribution in [0.4, 0.5) is 0 Å². The van der Waals surface area contributed by atoms with Crippen LogP contribution >= 0.6 is 0 Å². The van der Waals surface area contributed by atoms with Crippen LogP contribution in [0.5, 0.6) is 0 Å². The highest BCUT2D eigenvalue weighted by molar-refractivity contribution is 5.51. The normalized spacial score (nSPS) is 20.6. The average Bonchev–Trinajstić information content (AvgIpc) is 3.09. The van der Waals surface area contributed by atoms with Crippen LogP contribution in [0.1, 0.15) is 18.7 Å². The molecule has 1 saturated heterocycles. The van der Waals surface area contributed by atoms with Gasteiger partial charge in [0.2, 0.25) is 11.7 Å². The molecule has 0 aromatic carbocycles. The summed E-state index contributed by atoms with van der Waals surface area (Å²) in [6, 6.07) is 2.44. The van der Waals surface area contributed by atoms with Crippen LogP contribution in [0.15, 0.2) is 27.5 Å². The first-order valence-corrected chi connectivity index (χ1v) is 6.96. The molecule has 0 saturated carbocycles. The van der Waals surface area contributed by atoms with Crippen LogP contribution in [0.2, 0.25) is 0 Å². The van der Waals surface area contributed by atoms with E-state index < -0.39 is 0 Å². The fraction of sp³-hybridized carbons (Fsp3) is 0.571. The highest BCUT2D eigenvalue weighted by Crippen LogP contribution is 2.19. The second-order valence-corrected chi connectivity index (χ2v) is 5.52. The molecule has 6 heteroatoms. The first-order chi connectivity index (χ1) is 9.72. The van der Waals surface area contributed by atoms with E-state index in [9.17, 15) is 0 Å². The predicted molar refractivity (Wildman–Crippen MR) is 74.0 cm³/mol. The summed E-state index contributed by atoms with van der Waals surface area (Å²) in [6.45, 7) is 2.86. The lowest BCUT2D eigenvalue weighted by atomic mass is 10.1. The molecule has 0 bridgehead atoms. The summed E-state index contributed by atoms with van der Waals surface area (Å²) in [6.07, 6.45) is 5.70. The minimum absolute atomic E-state index is 0.593. The van der Waals surface area contributed by atoms with Gasteiger partial charge in [-0.1, -0.05) is 5.16 Å². The molecule has 3 heterocycles. The molecule has 3 rings (SSSR count). The van der Waals surface area contributed by atoms with Crippen LogP contribution in [-0.2, 0) is 6.54 Å². The minimum atomic E-state index is 0.593. The molecule has 0 amide bonds. The zero-order chi connectivity index (χ0) is 13.9. The number of hydrogen-bond acceptors (Lipinski definition) is 6. The lowest BCUT2D eigenvalue weighted by molar-refractivity contribution is 0.117. The van der Waals surface area contributed by atoms with E-state index in [0.29, 0.717) is 17.8 Å². The molecule has 1 unspecified atom stereocenters. The monoisotopic (exact) mass is 276 g/mol. The molecule has 0 spiro atoms.